The first kappa shape index (κ1) is 12.0. The van der Waals surface area contributed by atoms with Gasteiger partial charge in [0.15, 0.2) is 0 Å². The van der Waals surface area contributed by atoms with E-state index < -0.39 is 5.97 Å². The van der Waals surface area contributed by atoms with E-state index in [0.29, 0.717) is 6.42 Å². The van der Waals surface area contributed by atoms with E-state index in [1.807, 2.05) is 26.0 Å². The highest BCUT2D eigenvalue weighted by molar-refractivity contribution is 5.70. The fourth-order valence-electron chi connectivity index (χ4n) is 2.23. The zero-order valence-corrected chi connectivity index (χ0v) is 10.3. The predicted octanol–water partition coefficient (Wildman–Crippen LogP) is 2.52. The highest BCUT2D eigenvalue weighted by atomic mass is 16.5. The van der Waals surface area contributed by atoms with Gasteiger partial charge in [-0.2, -0.15) is 0 Å². The third-order valence-corrected chi connectivity index (χ3v) is 3.33. The summed E-state index contributed by atoms with van der Waals surface area (Å²) in [5.41, 5.74) is 2.30. The lowest BCUT2D eigenvalue weighted by molar-refractivity contribution is -0.143. The average molecular weight is 234 g/mol. The number of aliphatic carboxylic acids is 1. The van der Waals surface area contributed by atoms with Gasteiger partial charge in [-0.25, -0.2) is 0 Å². The van der Waals surface area contributed by atoms with Crippen molar-refractivity contribution in [3.63, 3.8) is 0 Å². The number of benzene rings is 1. The Kier molecular flexibility index (Phi) is 3.36. The molecule has 0 aliphatic carbocycles. The molecule has 0 amide bonds. The Bertz CT molecular complexity index is 423. The molecule has 1 aromatic rings. The van der Waals surface area contributed by atoms with Crippen molar-refractivity contribution in [2.24, 2.45) is 11.8 Å². The third-order valence-electron chi connectivity index (χ3n) is 3.33. The minimum absolute atomic E-state index is 0.150. The maximum Gasteiger partial charge on any atom is 0.307 e. The van der Waals surface area contributed by atoms with E-state index in [9.17, 15) is 9.90 Å². The zero-order valence-electron chi connectivity index (χ0n) is 10.3. The lowest BCUT2D eigenvalue weighted by atomic mass is 9.89. The molecule has 0 aromatic heterocycles. The van der Waals surface area contributed by atoms with Crippen LogP contribution in [0, 0.1) is 11.8 Å². The van der Waals surface area contributed by atoms with Crippen LogP contribution in [-0.4, -0.2) is 17.7 Å². The van der Waals surface area contributed by atoms with Crippen molar-refractivity contribution in [2.75, 3.05) is 6.61 Å². The van der Waals surface area contributed by atoms with E-state index in [-0.39, 0.29) is 11.8 Å². The first-order valence-corrected chi connectivity index (χ1v) is 6.05. The van der Waals surface area contributed by atoms with Crippen LogP contribution in [-0.2, 0) is 17.6 Å². The number of carboxylic acids is 1. The van der Waals surface area contributed by atoms with Crippen LogP contribution < -0.4 is 4.74 Å². The van der Waals surface area contributed by atoms with Gasteiger partial charge in [0.2, 0.25) is 0 Å². The van der Waals surface area contributed by atoms with E-state index in [1.165, 1.54) is 5.56 Å². The van der Waals surface area contributed by atoms with Crippen LogP contribution >= 0.6 is 0 Å². The lowest BCUT2D eigenvalue weighted by Gasteiger charge is -2.16. The van der Waals surface area contributed by atoms with Crippen molar-refractivity contribution >= 4 is 5.97 Å². The molecule has 92 valence electrons. The topological polar surface area (TPSA) is 46.5 Å². The average Bonchev–Trinajstić information content (AvgIpc) is 2.71. The van der Waals surface area contributed by atoms with Gasteiger partial charge in [-0.1, -0.05) is 26.0 Å². The van der Waals surface area contributed by atoms with Crippen LogP contribution in [0.3, 0.4) is 0 Å². The maximum absolute atomic E-state index is 11.2. The highest BCUT2D eigenvalue weighted by Gasteiger charge is 2.22. The van der Waals surface area contributed by atoms with Crippen molar-refractivity contribution < 1.29 is 14.6 Å². The van der Waals surface area contributed by atoms with Gasteiger partial charge in [0.05, 0.1) is 12.5 Å². The fourth-order valence-corrected chi connectivity index (χ4v) is 2.23. The maximum atomic E-state index is 11.2. The van der Waals surface area contributed by atoms with Gasteiger partial charge in [0.25, 0.3) is 0 Å². The standard InChI is InChI=1S/C14H18O3/c1-9(2)12(14(15)16)8-10-3-4-13-11(7-10)5-6-17-13/h3-4,7,9,12H,5-6,8H2,1-2H3,(H,15,16). The first-order valence-electron chi connectivity index (χ1n) is 6.05. The molecule has 0 fully saturated rings. The first-order chi connectivity index (χ1) is 8.08. The predicted molar refractivity (Wildman–Crippen MR) is 65.3 cm³/mol. The molecule has 0 bridgehead atoms. The van der Waals surface area contributed by atoms with Gasteiger partial charge in [0.1, 0.15) is 5.75 Å². The van der Waals surface area contributed by atoms with E-state index in [1.54, 1.807) is 0 Å². The second-order valence-corrected chi connectivity index (χ2v) is 4.93. The Hall–Kier alpha value is -1.51. The number of hydrogen-bond acceptors (Lipinski definition) is 2. The minimum Gasteiger partial charge on any atom is -0.493 e. The third kappa shape index (κ3) is 2.60. The molecule has 0 radical (unpaired) electrons. The van der Waals surface area contributed by atoms with Gasteiger partial charge in [-0.15, -0.1) is 0 Å². The van der Waals surface area contributed by atoms with Crippen molar-refractivity contribution in [2.45, 2.75) is 26.7 Å². The molecule has 0 spiro atoms. The molecule has 1 atom stereocenters. The molecule has 0 saturated carbocycles. The molecule has 0 saturated heterocycles. The summed E-state index contributed by atoms with van der Waals surface area (Å²) in [7, 11) is 0. The van der Waals surface area contributed by atoms with Gasteiger partial charge < -0.3 is 9.84 Å². The van der Waals surface area contributed by atoms with Crippen LogP contribution in [0.15, 0.2) is 18.2 Å². The molecule has 1 N–H and O–H groups in total. The SMILES string of the molecule is CC(C)C(Cc1ccc2c(c1)CCO2)C(=O)O. The molecule has 2 rings (SSSR count). The zero-order chi connectivity index (χ0) is 12.4. The van der Waals surface area contributed by atoms with Crippen LogP contribution in [0.5, 0.6) is 5.75 Å². The number of ether oxygens (including phenoxy) is 1. The summed E-state index contributed by atoms with van der Waals surface area (Å²) in [4.78, 5) is 11.2. The van der Waals surface area contributed by atoms with E-state index in [0.717, 1.165) is 24.3 Å². The second-order valence-electron chi connectivity index (χ2n) is 4.93. The summed E-state index contributed by atoms with van der Waals surface area (Å²) in [6.45, 7) is 4.65. The Balaban J connectivity index is 2.15. The summed E-state index contributed by atoms with van der Waals surface area (Å²) < 4.78 is 5.44. The number of carboxylic acid groups (broad SMARTS) is 1. The molecule has 17 heavy (non-hydrogen) atoms. The van der Waals surface area contributed by atoms with Crippen molar-refractivity contribution in [1.29, 1.82) is 0 Å². The lowest BCUT2D eigenvalue weighted by Crippen LogP contribution is -2.22. The smallest absolute Gasteiger partial charge is 0.307 e. The van der Waals surface area contributed by atoms with Gasteiger partial charge in [0, 0.05) is 6.42 Å². The number of rotatable bonds is 4. The van der Waals surface area contributed by atoms with Gasteiger partial charge >= 0.3 is 5.97 Å². The second kappa shape index (κ2) is 4.78. The Morgan fingerprint density at radius 1 is 1.47 bits per heavy atom. The van der Waals surface area contributed by atoms with Crippen LogP contribution in [0.25, 0.3) is 0 Å². The van der Waals surface area contributed by atoms with Crippen molar-refractivity contribution in [3.8, 4) is 5.75 Å². The Morgan fingerprint density at radius 3 is 2.88 bits per heavy atom. The van der Waals surface area contributed by atoms with Gasteiger partial charge in [-0.05, 0) is 29.5 Å². The Morgan fingerprint density at radius 2 is 2.24 bits per heavy atom. The highest BCUT2D eigenvalue weighted by Crippen LogP contribution is 2.27. The molecule has 3 nitrogen and oxygen atoms in total. The monoisotopic (exact) mass is 234 g/mol. The molecule has 1 aliphatic heterocycles. The van der Waals surface area contributed by atoms with Crippen LogP contribution in [0.4, 0.5) is 0 Å². The van der Waals surface area contributed by atoms with Crippen molar-refractivity contribution in [3.05, 3.63) is 29.3 Å². The fraction of sp³-hybridized carbons (Fsp3) is 0.500. The minimum atomic E-state index is -0.711. The molecule has 1 aromatic carbocycles. The van der Waals surface area contributed by atoms with E-state index in [4.69, 9.17) is 4.74 Å². The van der Waals surface area contributed by atoms with E-state index >= 15 is 0 Å². The van der Waals surface area contributed by atoms with Gasteiger partial charge in [-0.3, -0.25) is 4.79 Å². The van der Waals surface area contributed by atoms with Crippen molar-refractivity contribution in [1.82, 2.24) is 0 Å². The molecule has 1 aliphatic rings. The molecule has 1 heterocycles. The number of hydrogen-bond donors (Lipinski definition) is 1. The summed E-state index contributed by atoms with van der Waals surface area (Å²) >= 11 is 0. The summed E-state index contributed by atoms with van der Waals surface area (Å²) in [5.74, 6) is 0.0781. The molecule has 1 unspecified atom stereocenters. The number of fused-ring (bicyclic) bond motifs is 1. The Labute approximate surface area is 101 Å². The normalized spacial score (nSPS) is 15.5. The number of carbonyl (C=O) groups is 1. The van der Waals surface area contributed by atoms with Crippen LogP contribution in [0.1, 0.15) is 25.0 Å². The summed E-state index contributed by atoms with van der Waals surface area (Å²) in [5, 5.41) is 9.17. The molecular formula is C14H18O3. The summed E-state index contributed by atoms with van der Waals surface area (Å²) in [6, 6.07) is 6.01. The molecule has 3 heteroatoms. The van der Waals surface area contributed by atoms with Crippen LogP contribution in [0.2, 0.25) is 0 Å². The quantitative estimate of drug-likeness (QED) is 0.870. The van der Waals surface area contributed by atoms with E-state index in [2.05, 4.69) is 6.07 Å². The largest absolute Gasteiger partial charge is 0.493 e. The molecular weight excluding hydrogens is 216 g/mol. The summed E-state index contributed by atoms with van der Waals surface area (Å²) in [6.07, 6.45) is 1.53.